The highest BCUT2D eigenvalue weighted by atomic mass is 32.1. The molecule has 1 aliphatic heterocycles. The zero-order chi connectivity index (χ0) is 10.6. The maximum atomic E-state index is 4.72. The lowest BCUT2D eigenvalue weighted by molar-refractivity contribution is 0.280. The van der Waals surface area contributed by atoms with Crippen LogP contribution in [0.3, 0.4) is 0 Å². The molecule has 0 amide bonds. The third kappa shape index (κ3) is 1.39. The van der Waals surface area contributed by atoms with E-state index in [9.17, 15) is 0 Å². The van der Waals surface area contributed by atoms with E-state index in [2.05, 4.69) is 31.6 Å². The molecule has 0 bridgehead atoms. The Hall–Kier alpha value is -0.610. The Kier molecular flexibility index (Phi) is 1.89. The van der Waals surface area contributed by atoms with Gasteiger partial charge in [0.05, 0.1) is 11.2 Å². The Morgan fingerprint density at radius 1 is 1.47 bits per heavy atom. The molecule has 1 aromatic heterocycles. The van der Waals surface area contributed by atoms with Gasteiger partial charge in [0.15, 0.2) is 0 Å². The lowest BCUT2D eigenvalue weighted by Gasteiger charge is -2.26. The Morgan fingerprint density at radius 3 is 2.87 bits per heavy atom. The highest BCUT2D eigenvalue weighted by Crippen LogP contribution is 2.42. The van der Waals surface area contributed by atoms with Crippen molar-refractivity contribution in [2.75, 3.05) is 0 Å². The second kappa shape index (κ2) is 2.95. The first-order valence-corrected chi connectivity index (χ1v) is 5.82. The van der Waals surface area contributed by atoms with Gasteiger partial charge >= 0.3 is 0 Å². The van der Waals surface area contributed by atoms with Crippen LogP contribution < -0.4 is 0 Å². The van der Waals surface area contributed by atoms with Gasteiger partial charge in [-0.2, -0.15) is 0 Å². The molecular formula is C11H15N3S. The molecule has 0 unspecified atom stereocenters. The van der Waals surface area contributed by atoms with Crippen LogP contribution in [0.5, 0.6) is 0 Å². The van der Waals surface area contributed by atoms with Gasteiger partial charge in [0.25, 0.3) is 0 Å². The lowest BCUT2D eigenvalue weighted by atomic mass is 10.0. The zero-order valence-electron chi connectivity index (χ0n) is 9.06. The van der Waals surface area contributed by atoms with Crippen LogP contribution >= 0.6 is 12.8 Å². The van der Waals surface area contributed by atoms with Crippen molar-refractivity contribution in [1.29, 1.82) is 0 Å². The largest absolute Gasteiger partial charge is 0.241 e. The van der Waals surface area contributed by atoms with Crippen molar-refractivity contribution in [3.05, 3.63) is 23.3 Å². The predicted octanol–water partition coefficient (Wildman–Crippen LogP) is 2.25. The van der Waals surface area contributed by atoms with Crippen LogP contribution in [-0.4, -0.2) is 14.3 Å². The fourth-order valence-corrected chi connectivity index (χ4v) is 2.33. The second-order valence-electron chi connectivity index (χ2n) is 4.99. The van der Waals surface area contributed by atoms with Crippen molar-refractivity contribution < 1.29 is 0 Å². The fourth-order valence-electron chi connectivity index (χ4n) is 2.09. The van der Waals surface area contributed by atoms with Crippen LogP contribution in [0.4, 0.5) is 0 Å². The summed E-state index contributed by atoms with van der Waals surface area (Å²) in [6.45, 7) is 5.17. The number of fused-ring (bicyclic) bond motifs is 1. The molecule has 2 aliphatic rings. The molecule has 15 heavy (non-hydrogen) atoms. The van der Waals surface area contributed by atoms with E-state index >= 15 is 0 Å². The van der Waals surface area contributed by atoms with Gasteiger partial charge in [0.2, 0.25) is 0 Å². The van der Waals surface area contributed by atoms with E-state index < -0.39 is 0 Å². The standard InChI is InChI=1S/C11H15N3S/c1-11(2)9-8(6-14(11)15)5-12-10(13-9)7-3-4-7/h5,7,15H,3-4,6H2,1-2H3. The van der Waals surface area contributed by atoms with E-state index in [0.29, 0.717) is 5.92 Å². The summed E-state index contributed by atoms with van der Waals surface area (Å²) in [5.74, 6) is 1.66. The van der Waals surface area contributed by atoms with Gasteiger partial charge in [-0.1, -0.05) is 12.8 Å². The molecule has 2 heterocycles. The van der Waals surface area contributed by atoms with Gasteiger partial charge in [-0.25, -0.2) is 14.3 Å². The van der Waals surface area contributed by atoms with Crippen molar-refractivity contribution in [3.63, 3.8) is 0 Å². The molecular weight excluding hydrogens is 206 g/mol. The van der Waals surface area contributed by atoms with Crippen molar-refractivity contribution in [3.8, 4) is 0 Å². The maximum Gasteiger partial charge on any atom is 0.131 e. The minimum Gasteiger partial charge on any atom is -0.241 e. The van der Waals surface area contributed by atoms with E-state index in [4.69, 9.17) is 4.98 Å². The molecule has 1 saturated carbocycles. The lowest BCUT2D eigenvalue weighted by Crippen LogP contribution is -2.28. The minimum atomic E-state index is -0.0645. The van der Waals surface area contributed by atoms with E-state index in [1.165, 1.54) is 18.4 Å². The molecule has 0 radical (unpaired) electrons. The Balaban J connectivity index is 2.08. The fraction of sp³-hybridized carbons (Fsp3) is 0.636. The summed E-state index contributed by atoms with van der Waals surface area (Å²) < 4.78 is 2.03. The van der Waals surface area contributed by atoms with Gasteiger partial charge in [-0.15, -0.1) is 0 Å². The Morgan fingerprint density at radius 2 is 2.20 bits per heavy atom. The summed E-state index contributed by atoms with van der Waals surface area (Å²) in [4.78, 5) is 9.16. The molecule has 4 heteroatoms. The van der Waals surface area contributed by atoms with Crippen molar-refractivity contribution in [2.45, 2.75) is 44.7 Å². The number of rotatable bonds is 1. The molecule has 1 fully saturated rings. The summed E-state index contributed by atoms with van der Waals surface area (Å²) >= 11 is 4.49. The first kappa shape index (κ1) is 9.60. The Labute approximate surface area is 95.5 Å². The summed E-state index contributed by atoms with van der Waals surface area (Å²) in [7, 11) is 0. The summed E-state index contributed by atoms with van der Waals surface area (Å²) in [6.07, 6.45) is 4.49. The van der Waals surface area contributed by atoms with Crippen LogP contribution in [0.15, 0.2) is 6.20 Å². The van der Waals surface area contributed by atoms with Gasteiger partial charge < -0.3 is 0 Å². The van der Waals surface area contributed by atoms with Crippen LogP contribution in [0.25, 0.3) is 0 Å². The number of hydrogen-bond donors (Lipinski definition) is 1. The van der Waals surface area contributed by atoms with Crippen molar-refractivity contribution in [2.24, 2.45) is 0 Å². The molecule has 0 N–H and O–H groups in total. The van der Waals surface area contributed by atoms with E-state index in [1.54, 1.807) is 0 Å². The molecule has 1 aromatic rings. The molecule has 3 nitrogen and oxygen atoms in total. The summed E-state index contributed by atoms with van der Waals surface area (Å²) in [5.41, 5.74) is 2.32. The van der Waals surface area contributed by atoms with E-state index in [0.717, 1.165) is 18.1 Å². The number of thiol groups is 1. The average Bonchev–Trinajstić information content (AvgIpc) is 2.98. The monoisotopic (exact) mass is 221 g/mol. The summed E-state index contributed by atoms with van der Waals surface area (Å²) in [5, 5.41) is 0. The van der Waals surface area contributed by atoms with Crippen LogP contribution in [-0.2, 0) is 12.1 Å². The number of hydrogen-bond acceptors (Lipinski definition) is 4. The summed E-state index contributed by atoms with van der Waals surface area (Å²) in [6, 6.07) is 0. The van der Waals surface area contributed by atoms with Crippen LogP contribution in [0.2, 0.25) is 0 Å². The van der Waals surface area contributed by atoms with Gasteiger partial charge in [-0.3, -0.25) is 0 Å². The Bertz CT molecular complexity index is 412. The topological polar surface area (TPSA) is 29.0 Å². The SMILES string of the molecule is CC1(C)c2nc(C3CC3)ncc2CN1S. The molecule has 3 rings (SSSR count). The predicted molar refractivity (Wildman–Crippen MR) is 61.6 cm³/mol. The zero-order valence-corrected chi connectivity index (χ0v) is 9.96. The molecule has 80 valence electrons. The van der Waals surface area contributed by atoms with Crippen LogP contribution in [0, 0.1) is 0 Å². The molecule has 0 spiro atoms. The molecule has 1 aliphatic carbocycles. The normalized spacial score (nSPS) is 24.2. The highest BCUT2D eigenvalue weighted by Gasteiger charge is 2.39. The van der Waals surface area contributed by atoms with E-state index in [-0.39, 0.29) is 5.54 Å². The van der Waals surface area contributed by atoms with Crippen molar-refractivity contribution in [1.82, 2.24) is 14.3 Å². The van der Waals surface area contributed by atoms with Gasteiger partial charge in [-0.05, 0) is 26.7 Å². The quantitative estimate of drug-likeness (QED) is 0.737. The van der Waals surface area contributed by atoms with Crippen LogP contribution in [0.1, 0.15) is 49.7 Å². The molecule has 0 aromatic carbocycles. The molecule has 0 atom stereocenters. The third-order valence-electron chi connectivity index (χ3n) is 3.37. The third-order valence-corrected chi connectivity index (χ3v) is 4.01. The smallest absolute Gasteiger partial charge is 0.131 e. The van der Waals surface area contributed by atoms with Gasteiger partial charge in [0.1, 0.15) is 5.82 Å². The average molecular weight is 221 g/mol. The molecule has 0 saturated heterocycles. The first-order chi connectivity index (χ1) is 7.09. The maximum absolute atomic E-state index is 4.72. The first-order valence-electron chi connectivity index (χ1n) is 5.42. The van der Waals surface area contributed by atoms with E-state index in [1.807, 2.05) is 10.5 Å². The van der Waals surface area contributed by atoms with Gasteiger partial charge in [0, 0.05) is 24.2 Å². The highest BCUT2D eigenvalue weighted by molar-refractivity contribution is 7.77. The minimum absolute atomic E-state index is 0.0645. The van der Waals surface area contributed by atoms with Crippen molar-refractivity contribution >= 4 is 12.8 Å². The number of nitrogens with zero attached hydrogens (tertiary/aromatic N) is 3. The second-order valence-corrected chi connectivity index (χ2v) is 5.48. The number of aromatic nitrogens is 2.